The van der Waals surface area contributed by atoms with Crippen LogP contribution in [0.3, 0.4) is 0 Å². The summed E-state index contributed by atoms with van der Waals surface area (Å²) >= 11 is 0. The largest absolute Gasteiger partial charge is 0.309 e. The van der Waals surface area contributed by atoms with E-state index in [0.29, 0.717) is 34.9 Å². The fourth-order valence-corrected chi connectivity index (χ4v) is 19.3. The Kier molecular flexibility index (Phi) is 16.7. The van der Waals surface area contributed by atoms with E-state index < -0.39 is 0 Å². The van der Waals surface area contributed by atoms with Crippen LogP contribution in [-0.4, -0.2) is 57.3 Å². The maximum absolute atomic E-state index is 5.03. The first-order valence-corrected chi connectivity index (χ1v) is 42.6. The van der Waals surface area contributed by atoms with E-state index in [0.717, 1.165) is 101 Å². The van der Waals surface area contributed by atoms with Crippen LogP contribution >= 0.6 is 0 Å². The molecule has 12 nitrogen and oxygen atoms in total. The standard InChI is InChI=1S/2C57H36N6/c1-4-16-37(17-5-1)55-58-56(38-18-6-2-7-19-38)60-57(59-55)39-28-30-41(31-29-39)62-50-26-14-10-22-43(50)46-33-34-47-44-23-11-15-27-51(44)63(54(47)53(46)62)42-32-35-52-48(36-42)45-24-12-13-25-49(45)61(52)40-20-8-3-9-21-40;1-4-16-37(17-5-1)55-58-56(38-18-6-2-7-19-38)60-57(59-55)39-28-30-41(31-29-39)62-50-26-14-11-23-44(50)47-36-54-48(35-53(47)62)45-24-12-15-27-51(45)63(54)42-32-33-52-46(34-42)43-22-10-13-25-49(43)61(52)40-20-8-3-9-21-40/h2*1-36H. The molecule has 0 bridgehead atoms. The van der Waals surface area contributed by atoms with Crippen molar-refractivity contribution in [1.82, 2.24) is 57.3 Å². The monoisotopic (exact) mass is 1610 g/mol. The first-order chi connectivity index (χ1) is 62.5. The fraction of sp³-hybridized carbons (Fsp3) is 0. The quantitative estimate of drug-likeness (QED) is 0.121. The van der Waals surface area contributed by atoms with Crippen molar-refractivity contribution in [2.75, 3.05) is 0 Å². The van der Waals surface area contributed by atoms with Crippen LogP contribution in [0.4, 0.5) is 0 Å². The maximum atomic E-state index is 5.03. The summed E-state index contributed by atoms with van der Waals surface area (Å²) in [5, 5.41) is 14.5. The normalized spacial score (nSPS) is 11.8. The summed E-state index contributed by atoms with van der Waals surface area (Å²) < 4.78 is 14.5. The molecule has 0 atom stereocenters. The predicted octanol–water partition coefficient (Wildman–Crippen LogP) is 28.3. The molecule has 8 heterocycles. The summed E-state index contributed by atoms with van der Waals surface area (Å²) in [4.78, 5) is 29.9. The van der Waals surface area contributed by atoms with E-state index in [1.54, 1.807) is 0 Å². The highest BCUT2D eigenvalue weighted by atomic mass is 15.1. The van der Waals surface area contributed by atoms with Crippen molar-refractivity contribution in [2.24, 2.45) is 0 Å². The van der Waals surface area contributed by atoms with E-state index in [4.69, 9.17) is 29.9 Å². The van der Waals surface area contributed by atoms with Crippen LogP contribution in [0.1, 0.15) is 0 Å². The van der Waals surface area contributed by atoms with Gasteiger partial charge in [0, 0.05) is 132 Å². The highest BCUT2D eigenvalue weighted by molar-refractivity contribution is 6.25. The third kappa shape index (κ3) is 11.7. The lowest BCUT2D eigenvalue weighted by Crippen LogP contribution is -2.01. The molecule has 0 spiro atoms. The van der Waals surface area contributed by atoms with Gasteiger partial charge in [-0.3, -0.25) is 0 Å². The second-order valence-corrected chi connectivity index (χ2v) is 32.1. The van der Waals surface area contributed by atoms with Gasteiger partial charge in [-0.25, -0.2) is 29.9 Å². The van der Waals surface area contributed by atoms with Crippen molar-refractivity contribution in [3.63, 3.8) is 0 Å². The zero-order valence-corrected chi connectivity index (χ0v) is 67.9. The number of nitrogens with zero attached hydrogens (tertiary/aromatic N) is 12. The van der Waals surface area contributed by atoms with Gasteiger partial charge in [0.25, 0.3) is 0 Å². The SMILES string of the molecule is c1ccc(-c2nc(-c3ccccc3)nc(-c3ccc(-n4c5ccccc5c5cc6c(cc54)c4ccccc4n6-c4ccc5c(c4)c4ccccc4n5-c4ccccc4)cc3)n2)cc1.c1ccc(-c2nc(-c3ccccc3)nc(-c3ccc(-n4c5ccccc5c5ccc6c7ccccc7n(-c7ccc8c(c7)c7ccccc7n8-c7ccccc7)c6c54)cc3)n2)cc1. The Hall–Kier alpha value is -17.2. The lowest BCUT2D eigenvalue weighted by molar-refractivity contribution is 1.07. The number of aromatic nitrogens is 12. The molecule has 0 saturated carbocycles. The molecule has 0 radical (unpaired) electrons. The van der Waals surface area contributed by atoms with Crippen LogP contribution < -0.4 is 0 Å². The zero-order valence-electron chi connectivity index (χ0n) is 67.9. The van der Waals surface area contributed by atoms with Crippen LogP contribution in [0.2, 0.25) is 0 Å². The number of fused-ring (bicyclic) bond motifs is 19. The number of hydrogen-bond acceptors (Lipinski definition) is 6. The van der Waals surface area contributed by atoms with Gasteiger partial charge in [0.2, 0.25) is 0 Å². The van der Waals surface area contributed by atoms with Crippen LogP contribution in [0.25, 0.3) is 233 Å². The van der Waals surface area contributed by atoms with E-state index in [9.17, 15) is 0 Å². The molecule has 8 aromatic heterocycles. The Balaban J connectivity index is 0.000000137. The van der Waals surface area contributed by atoms with E-state index in [-0.39, 0.29) is 0 Å². The molecule has 0 fully saturated rings. The van der Waals surface area contributed by atoms with Gasteiger partial charge in [0.15, 0.2) is 34.9 Å². The average molecular weight is 1610 g/mol. The molecule has 0 aliphatic heterocycles. The fourth-order valence-electron chi connectivity index (χ4n) is 19.3. The van der Waals surface area contributed by atoms with Gasteiger partial charge < -0.3 is 27.4 Å². The minimum absolute atomic E-state index is 0.628. The van der Waals surface area contributed by atoms with Crippen molar-refractivity contribution in [3.05, 3.63) is 437 Å². The number of rotatable bonds is 12. The Bertz CT molecular complexity index is 8660. The summed E-state index contributed by atoms with van der Waals surface area (Å²) in [6, 6.07) is 155. The van der Waals surface area contributed by atoms with Crippen LogP contribution in [0.15, 0.2) is 437 Å². The molecule has 126 heavy (non-hydrogen) atoms. The molecule has 0 amide bonds. The molecular weight excluding hydrogens is 1540 g/mol. The molecular formula is C114H72N12. The maximum Gasteiger partial charge on any atom is 0.164 e. The van der Waals surface area contributed by atoms with Gasteiger partial charge in [0.05, 0.1) is 66.2 Å². The average Bonchev–Trinajstić information content (AvgIpc) is 1.41. The van der Waals surface area contributed by atoms with Crippen molar-refractivity contribution in [3.8, 4) is 102 Å². The van der Waals surface area contributed by atoms with Gasteiger partial charge in [0.1, 0.15) is 0 Å². The van der Waals surface area contributed by atoms with E-state index in [1.165, 1.54) is 97.7 Å². The van der Waals surface area contributed by atoms with Gasteiger partial charge in [-0.15, -0.1) is 0 Å². The van der Waals surface area contributed by atoms with Crippen LogP contribution in [0.5, 0.6) is 0 Å². The Morgan fingerprint density at radius 3 is 0.635 bits per heavy atom. The summed E-state index contributed by atoms with van der Waals surface area (Å²) in [5.41, 5.74) is 26.3. The first-order valence-electron chi connectivity index (χ1n) is 42.6. The lowest BCUT2D eigenvalue weighted by Gasteiger charge is -2.14. The minimum atomic E-state index is 0.628. The number of hydrogen-bond donors (Lipinski definition) is 0. The Morgan fingerprint density at radius 2 is 0.317 bits per heavy atom. The summed E-state index contributed by atoms with van der Waals surface area (Å²) in [6.07, 6.45) is 0. The molecule has 0 saturated heterocycles. The lowest BCUT2D eigenvalue weighted by atomic mass is 10.1. The molecule has 18 aromatic carbocycles. The van der Waals surface area contributed by atoms with E-state index in [2.05, 4.69) is 343 Å². The van der Waals surface area contributed by atoms with Gasteiger partial charge >= 0.3 is 0 Å². The van der Waals surface area contributed by atoms with Crippen molar-refractivity contribution in [2.45, 2.75) is 0 Å². The minimum Gasteiger partial charge on any atom is -0.309 e. The summed E-state index contributed by atoms with van der Waals surface area (Å²) in [6.45, 7) is 0. The number of para-hydroxylation sites is 8. The third-order valence-corrected chi connectivity index (χ3v) is 25.0. The van der Waals surface area contributed by atoms with E-state index >= 15 is 0 Å². The van der Waals surface area contributed by atoms with Crippen molar-refractivity contribution in [1.29, 1.82) is 0 Å². The highest BCUT2D eigenvalue weighted by Gasteiger charge is 2.26. The van der Waals surface area contributed by atoms with Gasteiger partial charge in [-0.1, -0.05) is 279 Å². The zero-order chi connectivity index (χ0) is 82.9. The first kappa shape index (κ1) is 71.7. The van der Waals surface area contributed by atoms with Crippen molar-refractivity contribution >= 4 is 131 Å². The second kappa shape index (κ2) is 29.3. The smallest absolute Gasteiger partial charge is 0.164 e. The highest BCUT2D eigenvalue weighted by Crippen LogP contribution is 2.46. The second-order valence-electron chi connectivity index (χ2n) is 32.1. The molecule has 0 aliphatic rings. The summed E-state index contributed by atoms with van der Waals surface area (Å²) in [7, 11) is 0. The number of benzene rings is 18. The molecule has 588 valence electrons. The van der Waals surface area contributed by atoms with E-state index in [1.807, 2.05) is 121 Å². The van der Waals surface area contributed by atoms with Crippen LogP contribution in [0, 0.1) is 0 Å². The molecule has 12 heteroatoms. The molecule has 26 rings (SSSR count). The van der Waals surface area contributed by atoms with Gasteiger partial charge in [-0.2, -0.15) is 0 Å². The molecule has 0 unspecified atom stereocenters. The Morgan fingerprint density at radius 1 is 0.119 bits per heavy atom. The topological polar surface area (TPSA) is 107 Å². The summed E-state index contributed by atoms with van der Waals surface area (Å²) in [5.74, 6) is 3.84. The van der Waals surface area contributed by atoms with Gasteiger partial charge in [-0.05, 0) is 158 Å². The predicted molar refractivity (Wildman–Crippen MR) is 518 cm³/mol. The molecule has 26 aromatic rings. The van der Waals surface area contributed by atoms with Crippen LogP contribution in [-0.2, 0) is 0 Å². The Labute approximate surface area is 722 Å². The molecule has 0 aliphatic carbocycles. The third-order valence-electron chi connectivity index (χ3n) is 25.0. The van der Waals surface area contributed by atoms with Crippen molar-refractivity contribution < 1.29 is 0 Å². The molecule has 0 N–H and O–H groups in total.